The van der Waals surface area contributed by atoms with Crippen molar-refractivity contribution in [3.05, 3.63) is 35.5 Å². The van der Waals surface area contributed by atoms with Crippen molar-refractivity contribution in [2.75, 3.05) is 33.1 Å². The van der Waals surface area contributed by atoms with Crippen molar-refractivity contribution in [3.8, 4) is 5.75 Å². The largest absolute Gasteiger partial charge is 0.496 e. The Morgan fingerprint density at radius 2 is 2.30 bits per heavy atom. The van der Waals surface area contributed by atoms with Crippen LogP contribution in [0.2, 0.25) is 0 Å². The summed E-state index contributed by atoms with van der Waals surface area (Å²) in [4.78, 5) is 7.77. The highest BCUT2D eigenvalue weighted by atomic mass is 32.2. The normalized spacial score (nSPS) is 19.0. The first-order chi connectivity index (χ1) is 11.2. The lowest BCUT2D eigenvalue weighted by molar-refractivity contribution is -0.0380. The fourth-order valence-electron chi connectivity index (χ4n) is 2.69. The molecule has 1 saturated heterocycles. The number of ether oxygens (including phenoxy) is 2. The number of hydrogen-bond donors (Lipinski definition) is 0. The Morgan fingerprint density at radius 3 is 3.00 bits per heavy atom. The molecule has 0 amide bonds. The zero-order valence-electron chi connectivity index (χ0n) is 13.6. The van der Waals surface area contributed by atoms with Gasteiger partial charge in [-0.3, -0.25) is 4.90 Å². The minimum Gasteiger partial charge on any atom is -0.496 e. The van der Waals surface area contributed by atoms with Crippen molar-refractivity contribution < 1.29 is 14.0 Å². The number of thioether (sulfide) groups is 1. The van der Waals surface area contributed by atoms with Gasteiger partial charge < -0.3 is 14.0 Å². The molecule has 1 aliphatic rings. The molecule has 1 fully saturated rings. The molecule has 1 atom stereocenters. The predicted molar refractivity (Wildman–Crippen MR) is 87.8 cm³/mol. The lowest BCUT2D eigenvalue weighted by Crippen LogP contribution is -2.38. The quantitative estimate of drug-likeness (QED) is 0.779. The van der Waals surface area contributed by atoms with Crippen LogP contribution in [0, 0.1) is 6.92 Å². The average molecular weight is 335 g/mol. The molecule has 3 rings (SSSR count). The number of aromatic nitrogens is 2. The summed E-state index contributed by atoms with van der Waals surface area (Å²) in [6.07, 6.45) is 1.92. The number of methoxy groups -OCH3 is 1. The molecule has 0 unspecified atom stereocenters. The second kappa shape index (κ2) is 7.33. The molecule has 0 saturated carbocycles. The molecular formula is C16H21N3O3S. The lowest BCUT2D eigenvalue weighted by Gasteiger charge is -2.31. The molecular weight excluding hydrogens is 314 g/mol. The minimum atomic E-state index is -0.131. The van der Waals surface area contributed by atoms with Crippen molar-refractivity contribution in [3.63, 3.8) is 0 Å². The molecule has 0 radical (unpaired) electrons. The number of nitrogens with zero attached hydrogens (tertiary/aromatic N) is 3. The number of morpholine rings is 1. The smallest absolute Gasteiger partial charge is 0.223 e. The fraction of sp³-hybridized carbons (Fsp3) is 0.500. The first-order valence-corrected chi connectivity index (χ1v) is 8.77. The predicted octanol–water partition coefficient (Wildman–Crippen LogP) is 2.68. The Kier molecular flexibility index (Phi) is 5.20. The summed E-state index contributed by atoms with van der Waals surface area (Å²) in [7, 11) is 1.71. The van der Waals surface area contributed by atoms with Gasteiger partial charge in [-0.2, -0.15) is 4.98 Å². The van der Waals surface area contributed by atoms with Gasteiger partial charge in [-0.05, 0) is 24.0 Å². The van der Waals surface area contributed by atoms with Crippen LogP contribution in [0.15, 0.2) is 27.6 Å². The minimum absolute atomic E-state index is 0.131. The third-order valence-electron chi connectivity index (χ3n) is 3.84. The zero-order valence-corrected chi connectivity index (χ0v) is 14.4. The van der Waals surface area contributed by atoms with Crippen LogP contribution in [-0.4, -0.2) is 48.1 Å². The van der Waals surface area contributed by atoms with Gasteiger partial charge in [-0.1, -0.05) is 11.2 Å². The van der Waals surface area contributed by atoms with Crippen LogP contribution in [0.5, 0.6) is 5.75 Å². The molecule has 1 aliphatic heterocycles. The van der Waals surface area contributed by atoms with E-state index in [-0.39, 0.29) is 6.10 Å². The SMILES string of the molecule is COc1cc(CN2CCO[C@@H](c3noc(C)n3)C2)ccc1SC. The van der Waals surface area contributed by atoms with E-state index in [1.807, 2.05) is 0 Å². The van der Waals surface area contributed by atoms with E-state index in [2.05, 4.69) is 39.5 Å². The molecule has 0 bridgehead atoms. The summed E-state index contributed by atoms with van der Waals surface area (Å²) >= 11 is 1.69. The first-order valence-electron chi connectivity index (χ1n) is 7.54. The van der Waals surface area contributed by atoms with Crippen LogP contribution >= 0.6 is 11.8 Å². The van der Waals surface area contributed by atoms with Crippen molar-refractivity contribution in [1.82, 2.24) is 15.0 Å². The standard InChI is InChI=1S/C16H21N3O3S/c1-11-17-16(18-22-11)14-10-19(6-7-21-14)9-12-4-5-15(23-3)13(8-12)20-2/h4-5,8,14H,6-7,9-10H2,1-3H3/t14-/m1/s1. The number of rotatable bonds is 5. The third kappa shape index (κ3) is 3.85. The third-order valence-corrected chi connectivity index (χ3v) is 4.61. The summed E-state index contributed by atoms with van der Waals surface area (Å²) in [6, 6.07) is 6.37. The lowest BCUT2D eigenvalue weighted by atomic mass is 10.1. The van der Waals surface area contributed by atoms with Crippen molar-refractivity contribution in [2.24, 2.45) is 0 Å². The van der Waals surface area contributed by atoms with Crippen molar-refractivity contribution in [2.45, 2.75) is 24.5 Å². The summed E-state index contributed by atoms with van der Waals surface area (Å²) in [5.41, 5.74) is 1.23. The van der Waals surface area contributed by atoms with Gasteiger partial charge in [-0.15, -0.1) is 11.8 Å². The second-order valence-electron chi connectivity index (χ2n) is 5.46. The molecule has 2 aromatic rings. The Labute approximate surface area is 140 Å². The van der Waals surface area contributed by atoms with Crippen LogP contribution in [0.4, 0.5) is 0 Å². The average Bonchev–Trinajstić information content (AvgIpc) is 3.01. The van der Waals surface area contributed by atoms with E-state index >= 15 is 0 Å². The van der Waals surface area contributed by atoms with Gasteiger partial charge in [0.05, 0.1) is 13.7 Å². The number of aryl methyl sites for hydroxylation is 1. The van der Waals surface area contributed by atoms with E-state index in [4.69, 9.17) is 14.0 Å². The molecule has 6 nitrogen and oxygen atoms in total. The Balaban J connectivity index is 1.68. The van der Waals surface area contributed by atoms with Gasteiger partial charge in [0.2, 0.25) is 11.7 Å². The molecule has 2 heterocycles. The van der Waals surface area contributed by atoms with Crippen molar-refractivity contribution in [1.29, 1.82) is 0 Å². The Bertz CT molecular complexity index is 662. The number of hydrogen-bond acceptors (Lipinski definition) is 7. The van der Waals surface area contributed by atoms with Gasteiger partial charge in [0.25, 0.3) is 0 Å². The van der Waals surface area contributed by atoms with E-state index < -0.39 is 0 Å². The first kappa shape index (κ1) is 16.3. The molecule has 1 aromatic carbocycles. The van der Waals surface area contributed by atoms with E-state index in [1.165, 1.54) is 5.56 Å². The Hall–Kier alpha value is -1.57. The monoisotopic (exact) mass is 335 g/mol. The van der Waals surface area contributed by atoms with Gasteiger partial charge in [-0.25, -0.2) is 0 Å². The van der Waals surface area contributed by atoms with Crippen LogP contribution in [-0.2, 0) is 11.3 Å². The summed E-state index contributed by atoms with van der Waals surface area (Å²) < 4.78 is 16.3. The van der Waals surface area contributed by atoms with Crippen LogP contribution < -0.4 is 4.74 Å². The molecule has 7 heteroatoms. The van der Waals surface area contributed by atoms with Crippen LogP contribution in [0.3, 0.4) is 0 Å². The van der Waals surface area contributed by atoms with Gasteiger partial charge in [0.1, 0.15) is 11.9 Å². The van der Waals surface area contributed by atoms with Gasteiger partial charge in [0.15, 0.2) is 0 Å². The van der Waals surface area contributed by atoms with Gasteiger partial charge >= 0.3 is 0 Å². The highest BCUT2D eigenvalue weighted by molar-refractivity contribution is 7.98. The molecule has 0 spiro atoms. The van der Waals surface area contributed by atoms with Crippen LogP contribution in [0.25, 0.3) is 0 Å². The van der Waals surface area contributed by atoms with Crippen LogP contribution in [0.1, 0.15) is 23.4 Å². The highest BCUT2D eigenvalue weighted by Crippen LogP contribution is 2.29. The topological polar surface area (TPSA) is 60.6 Å². The van der Waals surface area contributed by atoms with E-state index in [0.717, 1.165) is 30.3 Å². The molecule has 124 valence electrons. The highest BCUT2D eigenvalue weighted by Gasteiger charge is 2.26. The molecule has 23 heavy (non-hydrogen) atoms. The zero-order chi connectivity index (χ0) is 16.2. The van der Waals surface area contributed by atoms with Crippen molar-refractivity contribution >= 4 is 11.8 Å². The van der Waals surface area contributed by atoms with E-state index in [0.29, 0.717) is 18.3 Å². The summed E-state index contributed by atoms with van der Waals surface area (Å²) in [5, 5.41) is 3.97. The van der Waals surface area contributed by atoms with Gasteiger partial charge in [0, 0.05) is 31.5 Å². The number of benzene rings is 1. The second-order valence-corrected chi connectivity index (χ2v) is 6.30. The maximum absolute atomic E-state index is 5.77. The molecule has 0 aliphatic carbocycles. The maximum Gasteiger partial charge on any atom is 0.223 e. The summed E-state index contributed by atoms with van der Waals surface area (Å²) in [5.74, 6) is 2.12. The molecule has 0 N–H and O–H groups in total. The molecule has 1 aromatic heterocycles. The Morgan fingerprint density at radius 1 is 1.43 bits per heavy atom. The fourth-order valence-corrected chi connectivity index (χ4v) is 3.23. The van der Waals surface area contributed by atoms with E-state index in [1.54, 1.807) is 25.8 Å². The summed E-state index contributed by atoms with van der Waals surface area (Å²) in [6.45, 7) is 4.95. The van der Waals surface area contributed by atoms with E-state index in [9.17, 15) is 0 Å². The maximum atomic E-state index is 5.77.